The average molecular weight is 1020 g/mol. The van der Waals surface area contributed by atoms with Crippen molar-refractivity contribution in [3.8, 4) is 0 Å². The monoisotopic (exact) mass is 1020 g/mol. The molecule has 3 saturated carbocycles. The highest BCUT2D eigenvalue weighted by atomic mass is 32.1. The smallest absolute Gasteiger partial charge is 0.353 e. The summed E-state index contributed by atoms with van der Waals surface area (Å²) in [5, 5.41) is 27.2. The van der Waals surface area contributed by atoms with Crippen molar-refractivity contribution in [1.82, 2.24) is 19.8 Å². The predicted octanol–water partition coefficient (Wildman–Crippen LogP) is 9.91. The Hall–Kier alpha value is -4.32. The van der Waals surface area contributed by atoms with Gasteiger partial charge in [-0.05, 0) is 111 Å². The molecule has 0 aromatic carbocycles. The highest BCUT2D eigenvalue weighted by Gasteiger charge is 2.49. The van der Waals surface area contributed by atoms with E-state index in [1.54, 1.807) is 22.7 Å². The van der Waals surface area contributed by atoms with Gasteiger partial charge in [0.1, 0.15) is 28.2 Å². The summed E-state index contributed by atoms with van der Waals surface area (Å²) in [6.45, 7) is 26.9. The van der Waals surface area contributed by atoms with Crippen LogP contribution in [-0.4, -0.2) is 129 Å². The first-order valence-electron chi connectivity index (χ1n) is 26.4. The SMILES string of the molecule is CC(C)(C)C1CCC2(CC1)CC(C(=O)N1CCN(c3nccs3)CC1)=NO2.CC(C)(C)C1CCC2(CC1)CC(C(=O)N1CCN(c3nccs3)CC1)=NO2.CC(C)(C)C1CCC2(CC1)CC(C(=O)O)=NO2. The fraction of sp³-hybridized carbons (Fsp3) is 0.774. The van der Waals surface area contributed by atoms with E-state index in [-0.39, 0.29) is 34.3 Å². The van der Waals surface area contributed by atoms with Crippen molar-refractivity contribution in [1.29, 1.82) is 0 Å². The topological polar surface area (TPSA) is 175 Å². The maximum absolute atomic E-state index is 12.9. The highest BCUT2D eigenvalue weighted by Crippen LogP contribution is 2.49. The van der Waals surface area contributed by atoms with Crippen LogP contribution >= 0.6 is 22.7 Å². The normalized spacial score (nSPS) is 30.0. The number of thiazole rings is 2. The lowest BCUT2D eigenvalue weighted by Crippen LogP contribution is -2.51. The molecule has 5 fully saturated rings. The van der Waals surface area contributed by atoms with Crippen molar-refractivity contribution in [2.24, 2.45) is 49.5 Å². The molecule has 2 aromatic heterocycles. The van der Waals surface area contributed by atoms with E-state index < -0.39 is 5.97 Å². The number of oxime groups is 3. The second-order valence-corrected chi connectivity index (χ2v) is 26.6. The molecule has 0 atom stereocenters. The first-order valence-corrected chi connectivity index (χ1v) is 28.2. The van der Waals surface area contributed by atoms with Gasteiger partial charge in [-0.3, -0.25) is 9.59 Å². The van der Waals surface area contributed by atoms with Crippen LogP contribution in [0.2, 0.25) is 0 Å². The molecule has 392 valence electrons. The first-order chi connectivity index (χ1) is 33.5. The van der Waals surface area contributed by atoms with Gasteiger partial charge in [0.15, 0.2) is 16.0 Å². The molecule has 10 rings (SSSR count). The molecular weight excluding hydrogens is 939 g/mol. The van der Waals surface area contributed by atoms with Crippen LogP contribution in [-0.2, 0) is 28.9 Å². The summed E-state index contributed by atoms with van der Waals surface area (Å²) in [6, 6.07) is 0. The Morgan fingerprint density at radius 3 is 1.06 bits per heavy atom. The van der Waals surface area contributed by atoms with Gasteiger partial charge in [-0.25, -0.2) is 14.8 Å². The quantitative estimate of drug-likeness (QED) is 0.302. The van der Waals surface area contributed by atoms with E-state index in [1.807, 2.05) is 33.0 Å². The summed E-state index contributed by atoms with van der Waals surface area (Å²) >= 11 is 3.30. The number of carbonyl (C=O) groups excluding carboxylic acids is 2. The van der Waals surface area contributed by atoms with E-state index in [0.29, 0.717) is 52.8 Å². The Kier molecular flexibility index (Phi) is 15.9. The maximum Gasteiger partial charge on any atom is 0.353 e. The molecule has 18 heteroatoms. The number of carboxylic acid groups (broad SMARTS) is 1. The lowest BCUT2D eigenvalue weighted by molar-refractivity contribution is -0.129. The molecule has 0 unspecified atom stereocenters. The first kappa shape index (κ1) is 53.0. The van der Waals surface area contributed by atoms with Crippen molar-refractivity contribution in [3.63, 3.8) is 0 Å². The summed E-state index contributed by atoms with van der Waals surface area (Å²) in [7, 11) is 0. The number of nitrogens with zero attached hydrogens (tertiary/aromatic N) is 9. The van der Waals surface area contributed by atoms with Crippen LogP contribution in [0.3, 0.4) is 0 Å². The molecule has 3 spiro atoms. The highest BCUT2D eigenvalue weighted by molar-refractivity contribution is 7.13. The zero-order valence-electron chi connectivity index (χ0n) is 44.0. The summed E-state index contributed by atoms with van der Waals surface area (Å²) in [6.07, 6.45) is 18.2. The molecule has 2 amide bonds. The molecule has 2 aromatic rings. The van der Waals surface area contributed by atoms with E-state index in [2.05, 4.69) is 97.5 Å². The molecule has 0 radical (unpaired) electrons. The van der Waals surface area contributed by atoms with Crippen LogP contribution < -0.4 is 9.80 Å². The average Bonchev–Trinajstić information content (AvgIpc) is 4.22. The number of piperazine rings is 2. The summed E-state index contributed by atoms with van der Waals surface area (Å²) in [4.78, 5) is 70.9. The van der Waals surface area contributed by atoms with Gasteiger partial charge in [0.25, 0.3) is 11.8 Å². The van der Waals surface area contributed by atoms with Crippen LogP contribution in [0, 0.1) is 34.0 Å². The lowest BCUT2D eigenvalue weighted by Gasteiger charge is -2.40. The number of amides is 2. The van der Waals surface area contributed by atoms with Crippen LogP contribution in [0.1, 0.15) is 159 Å². The van der Waals surface area contributed by atoms with Crippen LogP contribution in [0.5, 0.6) is 0 Å². The summed E-state index contributed by atoms with van der Waals surface area (Å²) in [5.74, 6) is 1.33. The minimum atomic E-state index is -0.945. The van der Waals surface area contributed by atoms with E-state index in [4.69, 9.17) is 19.6 Å². The van der Waals surface area contributed by atoms with Crippen molar-refractivity contribution in [2.45, 2.75) is 175 Å². The van der Waals surface area contributed by atoms with Crippen molar-refractivity contribution in [3.05, 3.63) is 23.2 Å². The molecule has 71 heavy (non-hydrogen) atoms. The Balaban J connectivity index is 0.000000147. The number of aromatic nitrogens is 2. The standard InChI is InChI=1S/2C20H30N4O2S.C13H21NO3/c2*1-19(2,3)15-4-6-20(7-5-15)14-16(22-26-20)17(25)23-9-11-24(12-10-23)18-21-8-13-27-18;1-12(2,3)9-4-6-13(7-5-9)8-10(11(15)16)14-17-13/h2*8,13,15H,4-7,9-12,14H2,1-3H3;9H,4-8H2,1-3H3,(H,15,16). The van der Waals surface area contributed by atoms with Crippen LogP contribution in [0.25, 0.3) is 0 Å². The lowest BCUT2D eigenvalue weighted by atomic mass is 9.67. The fourth-order valence-electron chi connectivity index (χ4n) is 12.1. The summed E-state index contributed by atoms with van der Waals surface area (Å²) < 4.78 is 0. The molecule has 5 aliphatic heterocycles. The van der Waals surface area contributed by atoms with E-state index in [0.717, 1.165) is 152 Å². The number of hydrogen-bond donors (Lipinski definition) is 1. The largest absolute Gasteiger partial charge is 0.477 e. The molecular formula is C53H81N9O7S2. The Labute approximate surface area is 430 Å². The number of aliphatic carboxylic acids is 1. The van der Waals surface area contributed by atoms with Crippen LogP contribution in [0.4, 0.5) is 10.3 Å². The van der Waals surface area contributed by atoms with Gasteiger partial charge in [-0.1, -0.05) is 77.8 Å². The number of carbonyl (C=O) groups is 3. The number of rotatable bonds is 5. The van der Waals surface area contributed by atoms with Gasteiger partial charge in [0.2, 0.25) is 0 Å². The fourth-order valence-corrected chi connectivity index (χ4v) is 13.4. The van der Waals surface area contributed by atoms with Gasteiger partial charge in [0, 0.05) is 94.8 Å². The Morgan fingerprint density at radius 1 is 0.507 bits per heavy atom. The van der Waals surface area contributed by atoms with E-state index in [9.17, 15) is 14.4 Å². The van der Waals surface area contributed by atoms with Gasteiger partial charge < -0.3 is 39.2 Å². The molecule has 16 nitrogen and oxygen atoms in total. The minimum Gasteiger partial charge on any atom is -0.477 e. The van der Waals surface area contributed by atoms with E-state index >= 15 is 0 Å². The second kappa shape index (κ2) is 21.3. The van der Waals surface area contributed by atoms with Gasteiger partial charge in [0.05, 0.1) is 0 Å². The Bertz CT molecular complexity index is 2100. The molecule has 0 bridgehead atoms. The number of hydrogen-bond acceptors (Lipinski definition) is 15. The molecule has 1 N–H and O–H groups in total. The molecule has 3 aliphatic carbocycles. The Morgan fingerprint density at radius 2 is 0.803 bits per heavy atom. The van der Waals surface area contributed by atoms with Crippen molar-refractivity contribution >= 4 is 67.9 Å². The molecule has 2 saturated heterocycles. The third kappa shape index (κ3) is 12.7. The second-order valence-electron chi connectivity index (χ2n) is 24.9. The van der Waals surface area contributed by atoms with Crippen molar-refractivity contribution in [2.75, 3.05) is 62.2 Å². The number of carboxylic acids is 1. The predicted molar refractivity (Wildman–Crippen MR) is 281 cm³/mol. The van der Waals surface area contributed by atoms with Gasteiger partial charge in [-0.2, -0.15) is 0 Å². The molecule has 7 heterocycles. The minimum absolute atomic E-state index is 0.0589. The van der Waals surface area contributed by atoms with Gasteiger partial charge in [-0.15, -0.1) is 22.7 Å². The van der Waals surface area contributed by atoms with Crippen LogP contribution in [0.15, 0.2) is 38.6 Å². The zero-order chi connectivity index (χ0) is 50.8. The van der Waals surface area contributed by atoms with Gasteiger partial charge >= 0.3 is 5.97 Å². The summed E-state index contributed by atoms with van der Waals surface area (Å²) in [5.41, 5.74) is 1.67. The van der Waals surface area contributed by atoms with Crippen molar-refractivity contribution < 1.29 is 34.0 Å². The maximum atomic E-state index is 12.9. The third-order valence-corrected chi connectivity index (χ3v) is 18.8. The number of anilines is 2. The zero-order valence-corrected chi connectivity index (χ0v) is 45.7. The molecule has 8 aliphatic rings. The third-order valence-electron chi connectivity index (χ3n) is 17.1. The van der Waals surface area contributed by atoms with E-state index in [1.165, 1.54) is 0 Å².